The Bertz CT molecular complexity index is 497. The third-order valence-corrected chi connectivity index (χ3v) is 2.68. The van der Waals surface area contributed by atoms with Crippen molar-refractivity contribution in [2.24, 2.45) is 5.16 Å². The fraction of sp³-hybridized carbons (Fsp3) is 0.636. The minimum Gasteiger partial charge on any atom is -0.463 e. The number of morpholine rings is 1. The van der Waals surface area contributed by atoms with Gasteiger partial charge in [0, 0.05) is 13.1 Å². The standard InChI is InChI=1S/C11H17N5O5/c1-2-19-8(17)7-20-15-11(9-10(12)14-21-13-9)16-3-5-18-6-4-16/h2-7H2,1H3,(H2,12,14)/b15-11-. The zero-order valence-corrected chi connectivity index (χ0v) is 11.7. The third kappa shape index (κ3) is 4.05. The van der Waals surface area contributed by atoms with Crippen molar-refractivity contribution in [2.75, 3.05) is 45.3 Å². The van der Waals surface area contributed by atoms with Crippen LogP contribution in [0, 0.1) is 0 Å². The Kier molecular flexibility index (Phi) is 5.32. The van der Waals surface area contributed by atoms with Gasteiger partial charge in [-0.25, -0.2) is 9.42 Å². The van der Waals surface area contributed by atoms with Crippen LogP contribution in [-0.4, -0.2) is 66.5 Å². The topological polar surface area (TPSA) is 125 Å². The Morgan fingerprint density at radius 1 is 1.43 bits per heavy atom. The maximum atomic E-state index is 11.2. The molecule has 0 unspecified atom stereocenters. The predicted octanol–water partition coefficient (Wildman–Crippen LogP) is -0.775. The maximum absolute atomic E-state index is 11.2. The lowest BCUT2D eigenvalue weighted by Crippen LogP contribution is -2.41. The molecular formula is C11H17N5O5. The van der Waals surface area contributed by atoms with Crippen molar-refractivity contribution in [1.82, 2.24) is 15.2 Å². The minimum atomic E-state index is -0.506. The molecule has 116 valence electrons. The highest BCUT2D eigenvalue weighted by Crippen LogP contribution is 2.12. The number of nitrogen functional groups attached to an aromatic ring is 1. The van der Waals surface area contributed by atoms with Crippen molar-refractivity contribution in [3.05, 3.63) is 5.69 Å². The van der Waals surface area contributed by atoms with Crippen LogP contribution in [-0.2, 0) is 19.1 Å². The van der Waals surface area contributed by atoms with Gasteiger partial charge < -0.3 is 24.9 Å². The van der Waals surface area contributed by atoms with Crippen LogP contribution >= 0.6 is 0 Å². The Hall–Kier alpha value is -2.36. The van der Waals surface area contributed by atoms with Crippen LogP contribution in [0.2, 0.25) is 0 Å². The molecule has 0 saturated carbocycles. The van der Waals surface area contributed by atoms with E-state index in [1.165, 1.54) is 0 Å². The van der Waals surface area contributed by atoms with E-state index in [9.17, 15) is 4.79 Å². The number of amidine groups is 1. The lowest BCUT2D eigenvalue weighted by Gasteiger charge is -2.28. The normalized spacial score (nSPS) is 15.9. The molecule has 2 rings (SSSR count). The summed E-state index contributed by atoms with van der Waals surface area (Å²) in [5.41, 5.74) is 5.94. The van der Waals surface area contributed by atoms with Gasteiger partial charge in [0.15, 0.2) is 11.5 Å². The number of hydrogen-bond acceptors (Lipinski definition) is 9. The molecule has 0 aromatic carbocycles. The lowest BCUT2D eigenvalue weighted by molar-refractivity contribution is -0.148. The number of hydrogen-bond donors (Lipinski definition) is 1. The molecule has 21 heavy (non-hydrogen) atoms. The largest absolute Gasteiger partial charge is 0.463 e. The molecule has 10 nitrogen and oxygen atoms in total. The van der Waals surface area contributed by atoms with Gasteiger partial charge in [0.1, 0.15) is 0 Å². The molecule has 1 aromatic rings. The highest BCUT2D eigenvalue weighted by atomic mass is 16.7. The first-order valence-corrected chi connectivity index (χ1v) is 6.49. The highest BCUT2D eigenvalue weighted by Gasteiger charge is 2.23. The number of carbonyl (C=O) groups is 1. The van der Waals surface area contributed by atoms with E-state index in [0.717, 1.165) is 0 Å². The first kappa shape index (κ1) is 15.0. The van der Waals surface area contributed by atoms with E-state index in [2.05, 4.69) is 20.1 Å². The molecule has 1 aliphatic heterocycles. The number of rotatable bonds is 5. The first-order chi connectivity index (χ1) is 10.2. The number of nitrogens with zero attached hydrogens (tertiary/aromatic N) is 4. The molecule has 10 heteroatoms. The summed E-state index contributed by atoms with van der Waals surface area (Å²) in [5, 5.41) is 11.1. The van der Waals surface area contributed by atoms with E-state index in [0.29, 0.717) is 32.1 Å². The van der Waals surface area contributed by atoms with E-state index < -0.39 is 5.97 Å². The molecule has 1 saturated heterocycles. The van der Waals surface area contributed by atoms with Gasteiger partial charge in [0.25, 0.3) is 0 Å². The molecule has 1 aromatic heterocycles. The Balaban J connectivity index is 2.08. The number of anilines is 1. The molecular weight excluding hydrogens is 282 g/mol. The average molecular weight is 299 g/mol. The van der Waals surface area contributed by atoms with Crippen LogP contribution in [0.5, 0.6) is 0 Å². The van der Waals surface area contributed by atoms with Crippen molar-refractivity contribution >= 4 is 17.6 Å². The summed E-state index contributed by atoms with van der Waals surface area (Å²) in [4.78, 5) is 18.1. The Morgan fingerprint density at radius 3 is 2.81 bits per heavy atom. The van der Waals surface area contributed by atoms with E-state index in [4.69, 9.17) is 20.0 Å². The molecule has 0 aliphatic carbocycles. The highest BCUT2D eigenvalue weighted by molar-refractivity contribution is 6.00. The summed E-state index contributed by atoms with van der Waals surface area (Å²) in [5.74, 6) is -0.0600. The minimum absolute atomic E-state index is 0.0972. The van der Waals surface area contributed by atoms with Crippen LogP contribution in [0.1, 0.15) is 12.6 Å². The molecule has 0 spiro atoms. The quantitative estimate of drug-likeness (QED) is 0.322. The molecule has 1 aliphatic rings. The van der Waals surface area contributed by atoms with Gasteiger partial charge in [0.2, 0.25) is 12.4 Å². The zero-order valence-electron chi connectivity index (χ0n) is 11.7. The third-order valence-electron chi connectivity index (χ3n) is 2.68. The molecule has 0 atom stereocenters. The molecule has 2 N–H and O–H groups in total. The van der Waals surface area contributed by atoms with Gasteiger partial charge >= 0.3 is 5.97 Å². The number of aromatic nitrogens is 2. The fourth-order valence-electron chi connectivity index (χ4n) is 1.73. The maximum Gasteiger partial charge on any atom is 0.347 e. The number of nitrogens with two attached hydrogens (primary N) is 1. The average Bonchev–Trinajstić information content (AvgIpc) is 2.91. The fourth-order valence-corrected chi connectivity index (χ4v) is 1.73. The van der Waals surface area contributed by atoms with Crippen LogP contribution in [0.4, 0.5) is 5.82 Å². The van der Waals surface area contributed by atoms with Crippen molar-refractivity contribution in [3.8, 4) is 0 Å². The second kappa shape index (κ2) is 7.43. The SMILES string of the molecule is CCOC(=O)CO/N=C(/c1nonc1N)N1CCOCC1. The van der Waals surface area contributed by atoms with Crippen molar-refractivity contribution in [3.63, 3.8) is 0 Å². The number of ether oxygens (including phenoxy) is 2. The van der Waals surface area contributed by atoms with Crippen LogP contribution in [0.25, 0.3) is 0 Å². The summed E-state index contributed by atoms with van der Waals surface area (Å²) in [6, 6.07) is 0. The van der Waals surface area contributed by atoms with Crippen molar-refractivity contribution < 1.29 is 23.7 Å². The van der Waals surface area contributed by atoms with Gasteiger partial charge in [-0.1, -0.05) is 5.16 Å². The van der Waals surface area contributed by atoms with Crippen molar-refractivity contribution in [1.29, 1.82) is 0 Å². The predicted molar refractivity (Wildman–Crippen MR) is 70.2 cm³/mol. The number of carbonyl (C=O) groups excluding carboxylic acids is 1. The summed E-state index contributed by atoms with van der Waals surface area (Å²) in [6.45, 7) is 3.96. The Labute approximate surface area is 120 Å². The number of oxime groups is 1. The summed E-state index contributed by atoms with van der Waals surface area (Å²) >= 11 is 0. The smallest absolute Gasteiger partial charge is 0.347 e. The molecule has 0 amide bonds. The van der Waals surface area contributed by atoms with E-state index in [1.807, 2.05) is 4.90 Å². The summed E-state index contributed by atoms with van der Waals surface area (Å²) in [7, 11) is 0. The zero-order chi connectivity index (χ0) is 15.1. The first-order valence-electron chi connectivity index (χ1n) is 6.49. The Morgan fingerprint density at radius 2 is 2.19 bits per heavy atom. The molecule has 0 bridgehead atoms. The number of esters is 1. The van der Waals surface area contributed by atoms with Gasteiger partial charge in [-0.2, -0.15) is 0 Å². The molecule has 2 heterocycles. The van der Waals surface area contributed by atoms with Gasteiger partial charge in [0.05, 0.1) is 19.8 Å². The van der Waals surface area contributed by atoms with Gasteiger partial charge in [-0.05, 0) is 17.2 Å². The lowest BCUT2D eigenvalue weighted by atomic mass is 10.3. The second-order valence-electron chi connectivity index (χ2n) is 4.09. The van der Waals surface area contributed by atoms with Crippen LogP contribution in [0.3, 0.4) is 0 Å². The van der Waals surface area contributed by atoms with E-state index >= 15 is 0 Å². The van der Waals surface area contributed by atoms with E-state index in [-0.39, 0.29) is 24.7 Å². The molecule has 1 fully saturated rings. The second-order valence-corrected chi connectivity index (χ2v) is 4.09. The van der Waals surface area contributed by atoms with Crippen molar-refractivity contribution in [2.45, 2.75) is 6.92 Å². The van der Waals surface area contributed by atoms with Crippen LogP contribution < -0.4 is 5.73 Å². The van der Waals surface area contributed by atoms with E-state index in [1.54, 1.807) is 6.92 Å². The summed E-state index contributed by atoms with van der Waals surface area (Å²) < 4.78 is 14.6. The van der Waals surface area contributed by atoms with Gasteiger partial charge in [-0.15, -0.1) is 0 Å². The molecule has 0 radical (unpaired) electrons. The monoisotopic (exact) mass is 299 g/mol. The summed E-state index contributed by atoms with van der Waals surface area (Å²) in [6.07, 6.45) is 0. The van der Waals surface area contributed by atoms with Gasteiger partial charge in [-0.3, -0.25) is 0 Å². The van der Waals surface area contributed by atoms with Crippen LogP contribution in [0.15, 0.2) is 9.78 Å².